The zero-order chi connectivity index (χ0) is 26.5. The standard InChI is InChI=1S/C19H20BrClF5N7O2S/c1-2-14-16(31-7-5-27-6-8-31)17(35)33-19(29-18(20)30-33)32(14)10-15(34)28-13-4-3-11(9-12(13)21)36(22,23,24,25)26/h3-4,9,27H,2,5-8,10H2,1H3,(H,28,34). The molecule has 0 radical (unpaired) electrons. The van der Waals surface area contributed by atoms with Gasteiger partial charge in [-0.2, -0.15) is 9.50 Å². The fraction of sp³-hybridized carbons (Fsp3) is 0.368. The van der Waals surface area contributed by atoms with E-state index in [0.29, 0.717) is 50.0 Å². The maximum absolute atomic E-state index is 13.3. The molecule has 1 aliphatic rings. The molecule has 198 valence electrons. The summed E-state index contributed by atoms with van der Waals surface area (Å²) in [5, 5.41) is 8.90. The first-order valence-electron chi connectivity index (χ1n) is 10.6. The van der Waals surface area contributed by atoms with Crippen molar-refractivity contribution >= 4 is 60.8 Å². The molecule has 9 nitrogen and oxygen atoms in total. The fourth-order valence-corrected chi connectivity index (χ4v) is 5.24. The molecule has 1 fully saturated rings. The van der Waals surface area contributed by atoms with Crippen molar-refractivity contribution in [1.82, 2.24) is 24.5 Å². The number of halogens is 7. The minimum atomic E-state index is -9.93. The first-order chi connectivity index (χ1) is 16.6. The Morgan fingerprint density at radius 1 is 1.22 bits per heavy atom. The predicted octanol–water partition coefficient (Wildman–Crippen LogP) is 4.58. The summed E-state index contributed by atoms with van der Waals surface area (Å²) in [6.07, 6.45) is 0.349. The van der Waals surface area contributed by atoms with Gasteiger partial charge in [-0.1, -0.05) is 38.0 Å². The van der Waals surface area contributed by atoms with E-state index >= 15 is 0 Å². The van der Waals surface area contributed by atoms with Gasteiger partial charge in [0.1, 0.15) is 17.1 Å². The maximum atomic E-state index is 13.3. The van der Waals surface area contributed by atoms with Crippen LogP contribution in [-0.4, -0.2) is 51.3 Å². The lowest BCUT2D eigenvalue weighted by Gasteiger charge is -2.40. The third-order valence-electron chi connectivity index (χ3n) is 5.53. The summed E-state index contributed by atoms with van der Waals surface area (Å²) < 4.78 is 68.0. The van der Waals surface area contributed by atoms with Crippen molar-refractivity contribution < 1.29 is 24.2 Å². The Kier molecular flexibility index (Phi) is 6.33. The van der Waals surface area contributed by atoms with Gasteiger partial charge in [-0.3, -0.25) is 9.59 Å². The van der Waals surface area contributed by atoms with Crippen molar-refractivity contribution in [3.63, 3.8) is 0 Å². The molecule has 0 aliphatic carbocycles. The Hall–Kier alpha value is -2.43. The number of anilines is 2. The zero-order valence-electron chi connectivity index (χ0n) is 18.6. The molecule has 0 atom stereocenters. The Labute approximate surface area is 214 Å². The van der Waals surface area contributed by atoms with E-state index in [9.17, 15) is 29.0 Å². The molecule has 4 rings (SSSR count). The van der Waals surface area contributed by atoms with E-state index in [1.165, 1.54) is 4.57 Å². The molecule has 3 aromatic rings. The number of carbonyl (C=O) groups excluding carboxylic acids is 1. The summed E-state index contributed by atoms with van der Waals surface area (Å²) in [5.74, 6) is -0.664. The zero-order valence-corrected chi connectivity index (χ0v) is 21.7. The molecule has 0 spiro atoms. The van der Waals surface area contributed by atoms with Crippen LogP contribution in [0.5, 0.6) is 0 Å². The number of fused-ring (bicyclic) bond motifs is 1. The van der Waals surface area contributed by atoms with Gasteiger partial charge in [0.25, 0.3) is 5.56 Å². The van der Waals surface area contributed by atoms with E-state index in [1.54, 1.807) is 6.92 Å². The maximum Gasteiger partial charge on any atom is 0.310 e. The van der Waals surface area contributed by atoms with Gasteiger partial charge in [0.2, 0.25) is 16.4 Å². The molecule has 2 N–H and O–H groups in total. The number of piperazine rings is 1. The molecule has 1 aliphatic heterocycles. The largest absolute Gasteiger partial charge is 0.363 e. The average Bonchev–Trinajstić information content (AvgIpc) is 3.17. The Morgan fingerprint density at radius 3 is 2.47 bits per heavy atom. The molecule has 0 unspecified atom stereocenters. The van der Waals surface area contributed by atoms with Crippen molar-refractivity contribution in [2.24, 2.45) is 0 Å². The van der Waals surface area contributed by atoms with Crippen LogP contribution in [0.1, 0.15) is 12.6 Å². The van der Waals surface area contributed by atoms with Crippen LogP contribution in [0.4, 0.5) is 30.8 Å². The van der Waals surface area contributed by atoms with Gasteiger partial charge < -0.3 is 20.1 Å². The third-order valence-corrected chi connectivity index (χ3v) is 7.32. The van der Waals surface area contributed by atoms with Crippen LogP contribution < -0.4 is 21.1 Å². The summed E-state index contributed by atoms with van der Waals surface area (Å²) >= 11 is 8.92. The summed E-state index contributed by atoms with van der Waals surface area (Å²) in [6, 6.07) is 0.900. The lowest BCUT2D eigenvalue weighted by atomic mass is 10.2. The van der Waals surface area contributed by atoms with Crippen molar-refractivity contribution in [3.8, 4) is 0 Å². The normalized spacial score (nSPS) is 16.6. The van der Waals surface area contributed by atoms with Crippen LogP contribution in [0.15, 0.2) is 32.6 Å². The number of nitrogens with zero attached hydrogens (tertiary/aromatic N) is 5. The van der Waals surface area contributed by atoms with Crippen molar-refractivity contribution in [2.45, 2.75) is 24.8 Å². The van der Waals surface area contributed by atoms with Crippen LogP contribution in [0.3, 0.4) is 0 Å². The molecule has 2 aromatic heterocycles. The smallest absolute Gasteiger partial charge is 0.310 e. The van der Waals surface area contributed by atoms with Crippen molar-refractivity contribution in [2.75, 3.05) is 36.4 Å². The van der Waals surface area contributed by atoms with Crippen molar-refractivity contribution in [3.05, 3.63) is 44.0 Å². The van der Waals surface area contributed by atoms with E-state index in [1.807, 2.05) is 4.90 Å². The molecule has 1 aromatic carbocycles. The minimum absolute atomic E-state index is 0.0696. The Morgan fingerprint density at radius 2 is 1.89 bits per heavy atom. The summed E-state index contributed by atoms with van der Waals surface area (Å²) in [4.78, 5) is 30.1. The van der Waals surface area contributed by atoms with E-state index in [4.69, 9.17) is 11.6 Å². The van der Waals surface area contributed by atoms with E-state index < -0.39 is 38.2 Å². The molecule has 1 saturated heterocycles. The molecule has 0 saturated carbocycles. The van der Waals surface area contributed by atoms with Crippen LogP contribution in [0, 0.1) is 0 Å². The molecular weight excluding hydrogens is 601 g/mol. The lowest BCUT2D eigenvalue weighted by Crippen LogP contribution is -2.47. The number of benzene rings is 1. The summed E-state index contributed by atoms with van der Waals surface area (Å²) in [6.45, 7) is 3.78. The molecule has 0 bridgehead atoms. The third kappa shape index (κ3) is 5.31. The highest BCUT2D eigenvalue weighted by Crippen LogP contribution is 3.02. The Balaban J connectivity index is 1.72. The van der Waals surface area contributed by atoms with Crippen LogP contribution in [0.2, 0.25) is 5.02 Å². The van der Waals surface area contributed by atoms with E-state index in [2.05, 4.69) is 36.6 Å². The van der Waals surface area contributed by atoms with Crippen molar-refractivity contribution in [1.29, 1.82) is 0 Å². The number of hydrogen-bond donors (Lipinski definition) is 2. The number of carbonyl (C=O) groups is 1. The number of nitrogens with one attached hydrogen (secondary N) is 2. The predicted molar refractivity (Wildman–Crippen MR) is 131 cm³/mol. The van der Waals surface area contributed by atoms with Gasteiger partial charge in [0.05, 0.1) is 16.4 Å². The second-order valence-corrected chi connectivity index (χ2v) is 11.6. The monoisotopic (exact) mass is 619 g/mol. The highest BCUT2D eigenvalue weighted by Gasteiger charge is 2.65. The fourth-order valence-electron chi connectivity index (χ4n) is 3.96. The van der Waals surface area contributed by atoms with Gasteiger partial charge in [0, 0.05) is 26.2 Å². The first-order valence-corrected chi connectivity index (χ1v) is 13.7. The average molecular weight is 621 g/mol. The molecule has 17 heteroatoms. The van der Waals surface area contributed by atoms with Gasteiger partial charge in [-0.25, -0.2) is 0 Å². The first kappa shape index (κ1) is 26.6. The number of rotatable bonds is 6. The number of aromatic nitrogens is 4. The van der Waals surface area contributed by atoms with Crippen LogP contribution in [0.25, 0.3) is 5.78 Å². The molecular formula is C19H20BrClF5N7O2S. The summed E-state index contributed by atoms with van der Waals surface area (Å²) in [7, 11) is -9.93. The topological polar surface area (TPSA) is 96.6 Å². The second-order valence-electron chi connectivity index (χ2n) is 8.03. The second kappa shape index (κ2) is 8.56. The van der Waals surface area contributed by atoms with E-state index in [-0.39, 0.29) is 28.3 Å². The minimum Gasteiger partial charge on any atom is -0.363 e. The number of hydrogen-bond acceptors (Lipinski definition) is 6. The van der Waals surface area contributed by atoms with E-state index in [0.717, 1.165) is 4.52 Å². The SMILES string of the molecule is CCc1c(N2CCNCC2)c(=O)n2nc(Br)nc2n1CC(=O)Nc1ccc(S(F)(F)(F)(F)F)cc1Cl. The molecule has 3 heterocycles. The summed E-state index contributed by atoms with van der Waals surface area (Å²) in [5.41, 5.74) is 0.169. The molecule has 36 heavy (non-hydrogen) atoms. The Bertz CT molecular complexity index is 1430. The van der Waals surface area contributed by atoms with Crippen LogP contribution >= 0.6 is 37.8 Å². The van der Waals surface area contributed by atoms with Gasteiger partial charge in [-0.15, -0.1) is 5.10 Å². The number of amides is 1. The highest BCUT2D eigenvalue weighted by atomic mass is 79.9. The van der Waals surface area contributed by atoms with Crippen LogP contribution in [-0.2, 0) is 17.8 Å². The quantitative estimate of drug-likeness (QED) is 0.392. The lowest BCUT2D eigenvalue weighted by molar-refractivity contribution is -0.116. The highest BCUT2D eigenvalue weighted by molar-refractivity contribution is 9.10. The molecule has 1 amide bonds. The van der Waals surface area contributed by atoms with Gasteiger partial charge in [0.15, 0.2) is 0 Å². The van der Waals surface area contributed by atoms with Gasteiger partial charge >= 0.3 is 10.2 Å². The van der Waals surface area contributed by atoms with Gasteiger partial charge in [-0.05, 0) is 40.5 Å².